The number of hydrogen-bond donors (Lipinski definition) is 2. The van der Waals surface area contributed by atoms with E-state index < -0.39 is 18.3 Å². The van der Waals surface area contributed by atoms with E-state index in [1.807, 2.05) is 27.7 Å². The fourth-order valence-corrected chi connectivity index (χ4v) is 1.80. The molecule has 6 heteroatoms. The molecule has 2 rings (SSSR count). The van der Waals surface area contributed by atoms with Gasteiger partial charge >= 0.3 is 7.12 Å². The molecular weight excluding hydrogens is 233 g/mol. The SMILES string of the molecule is CC1(C)OB(c2ncc(O)cc2CO)OC1(C)C. The van der Waals surface area contributed by atoms with Gasteiger partial charge in [0.25, 0.3) is 0 Å². The van der Waals surface area contributed by atoms with Gasteiger partial charge < -0.3 is 19.5 Å². The van der Waals surface area contributed by atoms with Gasteiger partial charge in [0.1, 0.15) is 5.75 Å². The van der Waals surface area contributed by atoms with E-state index in [0.29, 0.717) is 11.2 Å². The number of aromatic nitrogens is 1. The summed E-state index contributed by atoms with van der Waals surface area (Å²) in [5.74, 6) is 0.0133. The van der Waals surface area contributed by atoms with Gasteiger partial charge in [0.15, 0.2) is 0 Å². The molecular formula is C12H18BNO4. The van der Waals surface area contributed by atoms with Crippen molar-refractivity contribution in [2.75, 3.05) is 0 Å². The molecule has 0 spiro atoms. The molecule has 1 fully saturated rings. The maximum absolute atomic E-state index is 9.36. The van der Waals surface area contributed by atoms with E-state index in [1.54, 1.807) is 0 Å². The van der Waals surface area contributed by atoms with E-state index in [9.17, 15) is 10.2 Å². The Bertz CT molecular complexity index is 445. The van der Waals surface area contributed by atoms with Crippen molar-refractivity contribution < 1.29 is 19.5 Å². The third-order valence-electron chi connectivity index (χ3n) is 3.63. The molecule has 0 bridgehead atoms. The second-order valence-electron chi connectivity index (χ2n) is 5.48. The van der Waals surface area contributed by atoms with E-state index in [0.717, 1.165) is 0 Å². The van der Waals surface area contributed by atoms with Crippen LogP contribution in [0.25, 0.3) is 0 Å². The summed E-state index contributed by atoms with van der Waals surface area (Å²) < 4.78 is 11.7. The highest BCUT2D eigenvalue weighted by Gasteiger charge is 2.52. The highest BCUT2D eigenvalue weighted by molar-refractivity contribution is 6.61. The third kappa shape index (κ3) is 2.11. The van der Waals surface area contributed by atoms with E-state index in [1.165, 1.54) is 12.3 Å². The first kappa shape index (κ1) is 13.3. The van der Waals surface area contributed by atoms with Crippen molar-refractivity contribution in [3.63, 3.8) is 0 Å². The molecule has 2 heterocycles. The zero-order valence-electron chi connectivity index (χ0n) is 11.1. The minimum absolute atomic E-state index is 0.0133. The van der Waals surface area contributed by atoms with Gasteiger partial charge in [-0.25, -0.2) is 0 Å². The first-order chi connectivity index (χ1) is 8.27. The van der Waals surface area contributed by atoms with Crippen LogP contribution in [0.2, 0.25) is 0 Å². The summed E-state index contributed by atoms with van der Waals surface area (Å²) in [7, 11) is -0.627. The molecule has 2 N–H and O–H groups in total. The summed E-state index contributed by atoms with van der Waals surface area (Å²) in [5.41, 5.74) is 0.107. The second kappa shape index (κ2) is 4.22. The van der Waals surface area contributed by atoms with Crippen LogP contribution >= 0.6 is 0 Å². The molecule has 0 radical (unpaired) electrons. The summed E-state index contributed by atoms with van der Waals surface area (Å²) in [6, 6.07) is 1.47. The van der Waals surface area contributed by atoms with Crippen molar-refractivity contribution >= 4 is 12.7 Å². The lowest BCUT2D eigenvalue weighted by molar-refractivity contribution is 0.00578. The van der Waals surface area contributed by atoms with Crippen LogP contribution in [0.4, 0.5) is 0 Å². The Morgan fingerprint density at radius 3 is 2.28 bits per heavy atom. The van der Waals surface area contributed by atoms with Crippen molar-refractivity contribution in [3.8, 4) is 5.75 Å². The van der Waals surface area contributed by atoms with Crippen LogP contribution < -0.4 is 5.59 Å². The molecule has 0 aliphatic carbocycles. The van der Waals surface area contributed by atoms with Crippen LogP contribution in [0.5, 0.6) is 5.75 Å². The van der Waals surface area contributed by atoms with Crippen molar-refractivity contribution in [2.45, 2.75) is 45.5 Å². The van der Waals surface area contributed by atoms with Gasteiger partial charge in [-0.1, -0.05) is 0 Å². The topological polar surface area (TPSA) is 71.8 Å². The van der Waals surface area contributed by atoms with E-state index in [-0.39, 0.29) is 12.4 Å². The highest BCUT2D eigenvalue weighted by Crippen LogP contribution is 2.36. The van der Waals surface area contributed by atoms with Crippen LogP contribution in [-0.4, -0.2) is 33.5 Å². The molecule has 1 aliphatic heterocycles. The minimum Gasteiger partial charge on any atom is -0.506 e. The quantitative estimate of drug-likeness (QED) is 0.752. The van der Waals surface area contributed by atoms with E-state index in [4.69, 9.17) is 9.31 Å². The molecule has 1 saturated heterocycles. The van der Waals surface area contributed by atoms with Gasteiger partial charge in [-0.3, -0.25) is 4.98 Å². The lowest BCUT2D eigenvalue weighted by Gasteiger charge is -2.32. The Balaban J connectivity index is 2.35. The van der Waals surface area contributed by atoms with Gasteiger partial charge in [0.05, 0.1) is 29.6 Å². The normalized spacial score (nSPS) is 21.3. The van der Waals surface area contributed by atoms with Crippen molar-refractivity contribution in [2.24, 2.45) is 0 Å². The number of rotatable bonds is 2. The molecule has 0 amide bonds. The van der Waals surface area contributed by atoms with Crippen molar-refractivity contribution in [3.05, 3.63) is 17.8 Å². The predicted molar refractivity (Wildman–Crippen MR) is 67.5 cm³/mol. The molecule has 5 nitrogen and oxygen atoms in total. The Kier molecular flexibility index (Phi) is 3.13. The summed E-state index contributed by atoms with van der Waals surface area (Å²) >= 11 is 0. The van der Waals surface area contributed by atoms with E-state index >= 15 is 0 Å². The van der Waals surface area contributed by atoms with Crippen LogP contribution in [0.3, 0.4) is 0 Å². The molecule has 1 aromatic rings. The van der Waals surface area contributed by atoms with Crippen molar-refractivity contribution in [1.82, 2.24) is 4.98 Å². The molecule has 98 valence electrons. The molecule has 1 aromatic heterocycles. The van der Waals surface area contributed by atoms with Gasteiger partial charge in [-0.05, 0) is 39.3 Å². The first-order valence-corrected chi connectivity index (χ1v) is 5.91. The number of aliphatic hydroxyl groups excluding tert-OH is 1. The maximum Gasteiger partial charge on any atom is 0.514 e. The second-order valence-corrected chi connectivity index (χ2v) is 5.48. The fourth-order valence-electron chi connectivity index (χ4n) is 1.80. The Morgan fingerprint density at radius 2 is 1.78 bits per heavy atom. The minimum atomic E-state index is -0.627. The Morgan fingerprint density at radius 1 is 1.22 bits per heavy atom. The van der Waals surface area contributed by atoms with Gasteiger partial charge in [0.2, 0.25) is 0 Å². The highest BCUT2D eigenvalue weighted by atomic mass is 16.7. The molecule has 0 aromatic carbocycles. The van der Waals surface area contributed by atoms with Gasteiger partial charge in [-0.2, -0.15) is 0 Å². The molecule has 1 aliphatic rings. The average Bonchev–Trinajstić information content (AvgIpc) is 2.47. The number of pyridine rings is 1. The Hall–Kier alpha value is -1.11. The number of nitrogens with zero attached hydrogens (tertiary/aromatic N) is 1. The molecule has 18 heavy (non-hydrogen) atoms. The van der Waals surface area contributed by atoms with Crippen molar-refractivity contribution in [1.29, 1.82) is 0 Å². The maximum atomic E-state index is 9.36. The number of aliphatic hydroxyl groups is 1. The summed E-state index contributed by atoms with van der Waals surface area (Å²) in [5, 5.41) is 18.7. The third-order valence-corrected chi connectivity index (χ3v) is 3.63. The Labute approximate surface area is 107 Å². The molecule has 0 atom stereocenters. The zero-order valence-corrected chi connectivity index (χ0v) is 11.1. The van der Waals surface area contributed by atoms with Gasteiger partial charge in [-0.15, -0.1) is 0 Å². The fraction of sp³-hybridized carbons (Fsp3) is 0.583. The monoisotopic (exact) mass is 251 g/mol. The van der Waals surface area contributed by atoms with Gasteiger partial charge in [0, 0.05) is 0 Å². The van der Waals surface area contributed by atoms with Crippen LogP contribution in [0.1, 0.15) is 33.3 Å². The largest absolute Gasteiger partial charge is 0.514 e. The predicted octanol–water partition coefficient (Wildman–Crippen LogP) is 0.579. The van der Waals surface area contributed by atoms with Crippen LogP contribution in [0.15, 0.2) is 12.3 Å². The molecule has 0 saturated carbocycles. The first-order valence-electron chi connectivity index (χ1n) is 5.91. The zero-order chi connectivity index (χ0) is 13.6. The smallest absolute Gasteiger partial charge is 0.506 e. The number of hydrogen-bond acceptors (Lipinski definition) is 5. The lowest BCUT2D eigenvalue weighted by Crippen LogP contribution is -2.41. The lowest BCUT2D eigenvalue weighted by atomic mass is 9.81. The standard InChI is InChI=1S/C12H18BNO4/c1-11(2)12(3,4)18-13(17-11)10-8(7-15)5-9(16)6-14-10/h5-6,15-16H,7H2,1-4H3. The summed E-state index contributed by atoms with van der Waals surface area (Å²) in [6.45, 7) is 7.58. The summed E-state index contributed by atoms with van der Waals surface area (Å²) in [6.07, 6.45) is 1.32. The van der Waals surface area contributed by atoms with E-state index in [2.05, 4.69) is 4.98 Å². The van der Waals surface area contributed by atoms with Crippen LogP contribution in [0, 0.1) is 0 Å². The number of aromatic hydroxyl groups is 1. The summed E-state index contributed by atoms with van der Waals surface area (Å²) in [4.78, 5) is 4.10. The molecule has 0 unspecified atom stereocenters. The van der Waals surface area contributed by atoms with Crippen LogP contribution in [-0.2, 0) is 15.9 Å². The average molecular weight is 251 g/mol.